The van der Waals surface area contributed by atoms with Crippen LogP contribution in [0, 0.1) is 5.82 Å². The van der Waals surface area contributed by atoms with E-state index in [2.05, 4.69) is 10.3 Å². The van der Waals surface area contributed by atoms with E-state index in [4.69, 9.17) is 16.3 Å². The van der Waals surface area contributed by atoms with Crippen molar-refractivity contribution in [2.24, 2.45) is 0 Å². The molecule has 1 aliphatic heterocycles. The first-order valence-electron chi connectivity index (χ1n) is 7.84. The molecule has 4 nitrogen and oxygen atoms in total. The lowest BCUT2D eigenvalue weighted by Crippen LogP contribution is -2.33. The van der Waals surface area contributed by atoms with Gasteiger partial charge in [0.1, 0.15) is 16.8 Å². The summed E-state index contributed by atoms with van der Waals surface area (Å²) in [5.41, 5.74) is 1.95. The Morgan fingerprint density at radius 2 is 2.21 bits per heavy atom. The third-order valence-corrected chi connectivity index (χ3v) is 4.18. The van der Waals surface area contributed by atoms with Crippen LogP contribution < -0.4 is 5.32 Å². The molecule has 0 spiro atoms. The molecular weight excluding hydrogens is 331 g/mol. The van der Waals surface area contributed by atoms with Crippen LogP contribution in [0.4, 0.5) is 4.39 Å². The van der Waals surface area contributed by atoms with Crippen molar-refractivity contribution in [2.45, 2.75) is 18.9 Å². The quantitative estimate of drug-likeness (QED) is 0.844. The monoisotopic (exact) mass is 348 g/mol. The van der Waals surface area contributed by atoms with Gasteiger partial charge in [-0.05, 0) is 28.8 Å². The molecule has 126 valence electrons. The standard InChI is InChI=1S/C18H18ClFN2O2/c19-18-4-1-12(10-22-18)7-15(23)8-13-2-3-14(9-16(13)20)17-11-21-5-6-24-17/h1-4,9-10,17,21H,5-8,11H2/t17-/m0/s1. The minimum Gasteiger partial charge on any atom is -0.371 e. The number of hydrogen-bond acceptors (Lipinski definition) is 4. The average Bonchev–Trinajstić information content (AvgIpc) is 2.59. The Labute approximate surface area is 145 Å². The molecule has 3 rings (SSSR count). The highest BCUT2D eigenvalue weighted by Gasteiger charge is 2.18. The van der Waals surface area contributed by atoms with Gasteiger partial charge in [0.25, 0.3) is 0 Å². The van der Waals surface area contributed by atoms with Gasteiger partial charge in [-0.15, -0.1) is 0 Å². The molecule has 6 heteroatoms. The zero-order valence-electron chi connectivity index (χ0n) is 13.1. The van der Waals surface area contributed by atoms with Gasteiger partial charge in [-0.1, -0.05) is 29.8 Å². The van der Waals surface area contributed by atoms with Gasteiger partial charge in [0.2, 0.25) is 0 Å². The Bertz CT molecular complexity index is 715. The number of nitrogens with one attached hydrogen (secondary N) is 1. The molecule has 1 saturated heterocycles. The molecule has 0 aliphatic carbocycles. The zero-order valence-corrected chi connectivity index (χ0v) is 13.9. The molecule has 2 heterocycles. The van der Waals surface area contributed by atoms with Gasteiger partial charge in [0.15, 0.2) is 0 Å². The fourth-order valence-corrected chi connectivity index (χ4v) is 2.81. The van der Waals surface area contributed by atoms with Crippen molar-refractivity contribution in [3.63, 3.8) is 0 Å². The maximum atomic E-state index is 14.3. The first-order valence-corrected chi connectivity index (χ1v) is 8.22. The van der Waals surface area contributed by atoms with Crippen molar-refractivity contribution in [3.05, 3.63) is 64.2 Å². The number of carbonyl (C=O) groups is 1. The fraction of sp³-hybridized carbons (Fsp3) is 0.333. The number of ketones is 1. The number of ether oxygens (including phenoxy) is 1. The number of rotatable bonds is 5. The summed E-state index contributed by atoms with van der Waals surface area (Å²) in [6, 6.07) is 8.34. The second-order valence-electron chi connectivity index (χ2n) is 5.80. The number of Topliss-reactive ketones (excluding diaryl/α,β-unsaturated/α-hetero) is 1. The highest BCUT2D eigenvalue weighted by atomic mass is 35.5. The lowest BCUT2D eigenvalue weighted by Gasteiger charge is -2.24. The number of nitrogens with zero attached hydrogens (tertiary/aromatic N) is 1. The molecule has 0 radical (unpaired) electrons. The van der Waals surface area contributed by atoms with E-state index in [1.807, 2.05) is 6.07 Å². The summed E-state index contributed by atoms with van der Waals surface area (Å²) in [6.45, 7) is 2.09. The first kappa shape index (κ1) is 17.0. The van der Waals surface area contributed by atoms with Crippen LogP contribution in [-0.2, 0) is 22.4 Å². The van der Waals surface area contributed by atoms with Crippen LogP contribution in [0.2, 0.25) is 5.15 Å². The number of aromatic nitrogens is 1. The Kier molecular flexibility index (Phi) is 5.56. The minimum absolute atomic E-state index is 0.0541. The van der Waals surface area contributed by atoms with E-state index in [9.17, 15) is 9.18 Å². The first-order chi connectivity index (χ1) is 11.6. The number of pyridine rings is 1. The largest absolute Gasteiger partial charge is 0.371 e. The van der Waals surface area contributed by atoms with Crippen LogP contribution >= 0.6 is 11.6 Å². The summed E-state index contributed by atoms with van der Waals surface area (Å²) in [4.78, 5) is 16.1. The second kappa shape index (κ2) is 7.83. The van der Waals surface area contributed by atoms with Crippen LogP contribution in [0.15, 0.2) is 36.5 Å². The molecule has 1 fully saturated rings. The molecule has 2 aromatic rings. The van der Waals surface area contributed by atoms with Gasteiger partial charge in [0, 0.05) is 32.1 Å². The van der Waals surface area contributed by atoms with Crippen LogP contribution in [0.5, 0.6) is 0 Å². The summed E-state index contributed by atoms with van der Waals surface area (Å²) in [5, 5.41) is 3.60. The van der Waals surface area contributed by atoms with Crippen molar-refractivity contribution < 1.29 is 13.9 Å². The normalized spacial score (nSPS) is 17.7. The van der Waals surface area contributed by atoms with Gasteiger partial charge in [-0.2, -0.15) is 0 Å². The van der Waals surface area contributed by atoms with E-state index in [-0.39, 0.29) is 30.5 Å². The van der Waals surface area contributed by atoms with E-state index >= 15 is 0 Å². The SMILES string of the molecule is O=C(Cc1ccc(Cl)nc1)Cc1ccc([C@@H]2CNCCO2)cc1F. The summed E-state index contributed by atoms with van der Waals surface area (Å²) in [5.74, 6) is -0.439. The van der Waals surface area contributed by atoms with Crippen molar-refractivity contribution in [1.82, 2.24) is 10.3 Å². The van der Waals surface area contributed by atoms with Crippen LogP contribution in [0.3, 0.4) is 0 Å². The average molecular weight is 349 g/mol. The number of halogens is 2. The van der Waals surface area contributed by atoms with E-state index in [0.717, 1.165) is 17.7 Å². The van der Waals surface area contributed by atoms with Gasteiger partial charge in [-0.3, -0.25) is 4.79 Å². The third kappa shape index (κ3) is 4.38. The topological polar surface area (TPSA) is 51.2 Å². The summed E-state index contributed by atoms with van der Waals surface area (Å²) >= 11 is 5.72. The highest BCUT2D eigenvalue weighted by molar-refractivity contribution is 6.29. The molecule has 24 heavy (non-hydrogen) atoms. The van der Waals surface area contributed by atoms with Crippen LogP contribution in [-0.4, -0.2) is 30.5 Å². The van der Waals surface area contributed by atoms with Gasteiger partial charge < -0.3 is 10.1 Å². The van der Waals surface area contributed by atoms with Crippen molar-refractivity contribution in [1.29, 1.82) is 0 Å². The lowest BCUT2D eigenvalue weighted by molar-refractivity contribution is -0.117. The molecule has 0 bridgehead atoms. The Morgan fingerprint density at radius 1 is 1.33 bits per heavy atom. The number of morpholine rings is 1. The Balaban J connectivity index is 1.64. The zero-order chi connectivity index (χ0) is 16.9. The molecule has 1 N–H and O–H groups in total. The van der Waals surface area contributed by atoms with Crippen LogP contribution in [0.1, 0.15) is 22.8 Å². The summed E-state index contributed by atoms with van der Waals surface area (Å²) in [7, 11) is 0. The fourth-order valence-electron chi connectivity index (χ4n) is 2.70. The molecule has 1 atom stereocenters. The third-order valence-electron chi connectivity index (χ3n) is 3.95. The molecule has 1 aliphatic rings. The van der Waals surface area contributed by atoms with E-state index in [0.29, 0.717) is 23.9 Å². The molecule has 0 unspecified atom stereocenters. The Morgan fingerprint density at radius 3 is 2.88 bits per heavy atom. The highest BCUT2D eigenvalue weighted by Crippen LogP contribution is 2.22. The van der Waals surface area contributed by atoms with Crippen molar-refractivity contribution in [3.8, 4) is 0 Å². The molecule has 0 saturated carbocycles. The molecular formula is C18H18ClFN2O2. The number of benzene rings is 1. The van der Waals surface area contributed by atoms with Gasteiger partial charge in [-0.25, -0.2) is 9.37 Å². The molecule has 1 aromatic carbocycles. The van der Waals surface area contributed by atoms with E-state index in [1.54, 1.807) is 24.4 Å². The Hall–Kier alpha value is -1.82. The predicted molar refractivity (Wildman–Crippen MR) is 89.6 cm³/mol. The lowest BCUT2D eigenvalue weighted by atomic mass is 10.00. The number of hydrogen-bond donors (Lipinski definition) is 1. The van der Waals surface area contributed by atoms with E-state index < -0.39 is 0 Å². The maximum absolute atomic E-state index is 14.3. The van der Waals surface area contributed by atoms with Crippen molar-refractivity contribution >= 4 is 17.4 Å². The van der Waals surface area contributed by atoms with E-state index in [1.165, 1.54) is 6.07 Å². The maximum Gasteiger partial charge on any atom is 0.141 e. The van der Waals surface area contributed by atoms with Gasteiger partial charge in [0.05, 0.1) is 12.7 Å². The molecule has 0 amide bonds. The van der Waals surface area contributed by atoms with Gasteiger partial charge >= 0.3 is 0 Å². The van der Waals surface area contributed by atoms with Crippen LogP contribution in [0.25, 0.3) is 0 Å². The van der Waals surface area contributed by atoms with Crippen molar-refractivity contribution in [2.75, 3.05) is 19.7 Å². The number of carbonyl (C=O) groups excluding carboxylic acids is 1. The smallest absolute Gasteiger partial charge is 0.141 e. The minimum atomic E-state index is -0.371. The second-order valence-corrected chi connectivity index (χ2v) is 6.18. The molecule has 1 aromatic heterocycles. The summed E-state index contributed by atoms with van der Waals surface area (Å²) < 4.78 is 19.9. The summed E-state index contributed by atoms with van der Waals surface area (Å²) in [6.07, 6.45) is 1.69. The predicted octanol–water partition coefficient (Wildman–Crippen LogP) is 2.89.